The van der Waals surface area contributed by atoms with Gasteiger partial charge in [0, 0.05) is 30.7 Å². The van der Waals surface area contributed by atoms with E-state index in [2.05, 4.69) is 62.0 Å². The third-order valence-electron chi connectivity index (χ3n) is 3.22. The van der Waals surface area contributed by atoms with E-state index in [1.54, 1.807) is 0 Å². The van der Waals surface area contributed by atoms with Gasteiger partial charge in [-0.15, -0.1) is 0 Å². The van der Waals surface area contributed by atoms with Crippen molar-refractivity contribution >= 4 is 10.9 Å². The van der Waals surface area contributed by atoms with E-state index in [1.165, 1.54) is 22.0 Å². The highest BCUT2D eigenvalue weighted by Gasteiger charge is 2.09. The van der Waals surface area contributed by atoms with Crippen molar-refractivity contribution in [1.29, 1.82) is 0 Å². The second-order valence-electron chi connectivity index (χ2n) is 4.95. The van der Waals surface area contributed by atoms with Crippen molar-refractivity contribution < 1.29 is 0 Å². The lowest BCUT2D eigenvalue weighted by atomic mass is 10.1. The lowest BCUT2D eigenvalue weighted by Crippen LogP contribution is -2.21. The molecule has 0 aliphatic heterocycles. The van der Waals surface area contributed by atoms with E-state index in [9.17, 15) is 0 Å². The number of benzene rings is 1. The predicted molar refractivity (Wildman–Crippen MR) is 74.3 cm³/mol. The van der Waals surface area contributed by atoms with E-state index >= 15 is 0 Å². The van der Waals surface area contributed by atoms with Gasteiger partial charge in [0.2, 0.25) is 0 Å². The molecular formula is C15H22N2. The van der Waals surface area contributed by atoms with Gasteiger partial charge in [-0.25, -0.2) is 0 Å². The summed E-state index contributed by atoms with van der Waals surface area (Å²) in [4.78, 5) is 0. The molecule has 2 rings (SSSR count). The molecule has 0 aliphatic rings. The predicted octanol–water partition coefficient (Wildman–Crippen LogP) is 3.47. The van der Waals surface area contributed by atoms with E-state index < -0.39 is 0 Å². The smallest absolute Gasteiger partial charge is 0.0513 e. The van der Waals surface area contributed by atoms with E-state index in [0.29, 0.717) is 6.04 Å². The summed E-state index contributed by atoms with van der Waals surface area (Å²) in [6.07, 6.45) is 2.28. The number of aryl methyl sites for hydroxylation is 2. The standard InChI is InChI=1S/C15H22N2/c1-5-17-10-13(9-16-11(2)3)14-8-6-7-12(4)15(14)17/h6-8,10-11,16H,5,9H2,1-4H3. The van der Waals surface area contributed by atoms with Crippen LogP contribution in [0.4, 0.5) is 0 Å². The Kier molecular flexibility index (Phi) is 3.53. The van der Waals surface area contributed by atoms with Crippen LogP contribution >= 0.6 is 0 Å². The molecule has 2 nitrogen and oxygen atoms in total. The third kappa shape index (κ3) is 2.37. The first-order valence-electron chi connectivity index (χ1n) is 6.44. The maximum atomic E-state index is 3.50. The number of aromatic nitrogens is 1. The van der Waals surface area contributed by atoms with Crippen molar-refractivity contribution in [2.24, 2.45) is 0 Å². The minimum atomic E-state index is 0.528. The number of fused-ring (bicyclic) bond motifs is 1. The van der Waals surface area contributed by atoms with Gasteiger partial charge >= 0.3 is 0 Å². The van der Waals surface area contributed by atoms with E-state index in [-0.39, 0.29) is 0 Å². The van der Waals surface area contributed by atoms with Crippen LogP contribution in [0.2, 0.25) is 0 Å². The molecule has 92 valence electrons. The molecule has 0 fully saturated rings. The molecule has 0 unspecified atom stereocenters. The number of hydrogen-bond acceptors (Lipinski definition) is 1. The molecular weight excluding hydrogens is 208 g/mol. The summed E-state index contributed by atoms with van der Waals surface area (Å²) in [5, 5.41) is 4.89. The van der Waals surface area contributed by atoms with Gasteiger partial charge in [-0.1, -0.05) is 32.0 Å². The highest BCUT2D eigenvalue weighted by atomic mass is 15.0. The second kappa shape index (κ2) is 4.92. The minimum absolute atomic E-state index is 0.528. The molecule has 0 spiro atoms. The lowest BCUT2D eigenvalue weighted by molar-refractivity contribution is 0.589. The molecule has 0 bridgehead atoms. The minimum Gasteiger partial charge on any atom is -0.347 e. The summed E-state index contributed by atoms with van der Waals surface area (Å²) >= 11 is 0. The SMILES string of the molecule is CCn1cc(CNC(C)C)c2cccc(C)c21. The van der Waals surface area contributed by atoms with Crippen LogP contribution in [-0.4, -0.2) is 10.6 Å². The Bertz CT molecular complexity index is 509. The maximum Gasteiger partial charge on any atom is 0.0513 e. The molecule has 1 N–H and O–H groups in total. The Balaban J connectivity index is 2.46. The van der Waals surface area contributed by atoms with Crippen molar-refractivity contribution in [2.75, 3.05) is 0 Å². The van der Waals surface area contributed by atoms with Crippen LogP contribution in [0.25, 0.3) is 10.9 Å². The number of hydrogen-bond donors (Lipinski definition) is 1. The average molecular weight is 230 g/mol. The molecule has 0 aliphatic carbocycles. The summed E-state index contributed by atoms with van der Waals surface area (Å²) in [5.41, 5.74) is 4.15. The van der Waals surface area contributed by atoms with Gasteiger partial charge in [0.1, 0.15) is 0 Å². The third-order valence-corrected chi connectivity index (χ3v) is 3.22. The number of rotatable bonds is 4. The van der Waals surface area contributed by atoms with Crippen LogP contribution in [0.1, 0.15) is 31.9 Å². The summed E-state index contributed by atoms with van der Waals surface area (Å²) < 4.78 is 2.35. The van der Waals surface area contributed by atoms with E-state index in [4.69, 9.17) is 0 Å². The molecule has 0 atom stereocenters. The maximum absolute atomic E-state index is 3.50. The normalized spacial score (nSPS) is 11.6. The number of para-hydroxylation sites is 1. The van der Waals surface area contributed by atoms with Gasteiger partial charge in [-0.2, -0.15) is 0 Å². The fraction of sp³-hybridized carbons (Fsp3) is 0.467. The summed E-state index contributed by atoms with van der Waals surface area (Å²) in [6, 6.07) is 7.09. The highest BCUT2D eigenvalue weighted by Crippen LogP contribution is 2.24. The molecule has 1 aromatic heterocycles. The first-order chi connectivity index (χ1) is 8.13. The molecule has 1 heterocycles. The molecule has 1 aromatic carbocycles. The first kappa shape index (κ1) is 12.2. The van der Waals surface area contributed by atoms with Crippen LogP contribution in [0.15, 0.2) is 24.4 Å². The largest absolute Gasteiger partial charge is 0.347 e. The van der Waals surface area contributed by atoms with Crippen LogP contribution in [0, 0.1) is 6.92 Å². The Hall–Kier alpha value is -1.28. The fourth-order valence-electron chi connectivity index (χ4n) is 2.33. The Labute approximate surface area is 104 Å². The molecule has 17 heavy (non-hydrogen) atoms. The van der Waals surface area contributed by atoms with Gasteiger partial charge < -0.3 is 9.88 Å². The topological polar surface area (TPSA) is 17.0 Å². The van der Waals surface area contributed by atoms with Crippen LogP contribution < -0.4 is 5.32 Å². The Morgan fingerprint density at radius 2 is 2.06 bits per heavy atom. The van der Waals surface area contributed by atoms with Crippen molar-refractivity contribution in [3.05, 3.63) is 35.5 Å². The molecule has 0 saturated heterocycles. The van der Waals surface area contributed by atoms with Crippen molar-refractivity contribution in [3.63, 3.8) is 0 Å². The quantitative estimate of drug-likeness (QED) is 0.851. The van der Waals surface area contributed by atoms with Crippen LogP contribution in [0.3, 0.4) is 0 Å². The molecule has 0 radical (unpaired) electrons. The molecule has 2 heteroatoms. The van der Waals surface area contributed by atoms with Gasteiger partial charge in [-0.05, 0) is 25.0 Å². The summed E-state index contributed by atoms with van der Waals surface area (Å²) in [5.74, 6) is 0. The lowest BCUT2D eigenvalue weighted by Gasteiger charge is -2.06. The fourth-order valence-corrected chi connectivity index (χ4v) is 2.33. The van der Waals surface area contributed by atoms with Crippen molar-refractivity contribution in [1.82, 2.24) is 9.88 Å². The molecule has 0 saturated carbocycles. The average Bonchev–Trinajstić information content (AvgIpc) is 2.66. The summed E-state index contributed by atoms with van der Waals surface area (Å²) in [6.45, 7) is 10.7. The van der Waals surface area contributed by atoms with Gasteiger partial charge in [0.15, 0.2) is 0 Å². The highest BCUT2D eigenvalue weighted by molar-refractivity contribution is 5.86. The Morgan fingerprint density at radius 3 is 2.71 bits per heavy atom. The number of nitrogens with zero attached hydrogens (tertiary/aromatic N) is 1. The van der Waals surface area contributed by atoms with Crippen LogP contribution in [-0.2, 0) is 13.1 Å². The van der Waals surface area contributed by atoms with E-state index in [1.807, 2.05) is 0 Å². The van der Waals surface area contributed by atoms with Gasteiger partial charge in [-0.3, -0.25) is 0 Å². The molecule has 2 aromatic rings. The van der Waals surface area contributed by atoms with Gasteiger partial charge in [0.05, 0.1) is 5.52 Å². The van der Waals surface area contributed by atoms with Crippen molar-refractivity contribution in [3.8, 4) is 0 Å². The summed E-state index contributed by atoms with van der Waals surface area (Å²) in [7, 11) is 0. The second-order valence-corrected chi connectivity index (χ2v) is 4.95. The molecule has 0 amide bonds. The van der Waals surface area contributed by atoms with Crippen LogP contribution in [0.5, 0.6) is 0 Å². The Morgan fingerprint density at radius 1 is 1.29 bits per heavy atom. The monoisotopic (exact) mass is 230 g/mol. The zero-order valence-electron chi connectivity index (χ0n) is 11.2. The van der Waals surface area contributed by atoms with E-state index in [0.717, 1.165) is 13.1 Å². The first-order valence-corrected chi connectivity index (χ1v) is 6.44. The van der Waals surface area contributed by atoms with Gasteiger partial charge in [0.25, 0.3) is 0 Å². The zero-order valence-corrected chi connectivity index (χ0v) is 11.2. The van der Waals surface area contributed by atoms with Crippen molar-refractivity contribution in [2.45, 2.75) is 46.8 Å². The number of nitrogens with one attached hydrogen (secondary N) is 1. The zero-order chi connectivity index (χ0) is 12.4.